The summed E-state index contributed by atoms with van der Waals surface area (Å²) in [5.41, 5.74) is 1.09. The number of benzene rings is 1. The number of ether oxygens (including phenoxy) is 1. The lowest BCUT2D eigenvalue weighted by Gasteiger charge is -2.00. The molecule has 5 heteroatoms. The molecule has 0 saturated carbocycles. The Kier molecular flexibility index (Phi) is 2.95. The second kappa shape index (κ2) is 4.76. The average molecular weight is 258 g/mol. The normalized spacial score (nSPS) is 13.4. The van der Waals surface area contributed by atoms with Crippen molar-refractivity contribution in [1.82, 2.24) is 9.88 Å². The maximum absolute atomic E-state index is 12.1. The first-order valence-electron chi connectivity index (χ1n) is 6.28. The summed E-state index contributed by atoms with van der Waals surface area (Å²) in [5.74, 6) is 0.488. The highest BCUT2D eigenvalue weighted by atomic mass is 16.6. The number of hydrogen-bond acceptors (Lipinski definition) is 4. The topological polar surface area (TPSA) is 55.3 Å². The monoisotopic (exact) mass is 258 g/mol. The Morgan fingerprint density at radius 2 is 2.11 bits per heavy atom. The van der Waals surface area contributed by atoms with Crippen molar-refractivity contribution in [1.29, 1.82) is 0 Å². The van der Waals surface area contributed by atoms with Gasteiger partial charge in [-0.05, 0) is 19.1 Å². The molecule has 3 rings (SSSR count). The van der Waals surface area contributed by atoms with Crippen LogP contribution in [-0.4, -0.2) is 35.5 Å². The molecule has 1 saturated heterocycles. The van der Waals surface area contributed by atoms with Crippen LogP contribution >= 0.6 is 0 Å². The van der Waals surface area contributed by atoms with Gasteiger partial charge in [0.25, 0.3) is 5.91 Å². The molecule has 1 fully saturated rings. The minimum absolute atomic E-state index is 0.130. The van der Waals surface area contributed by atoms with E-state index in [1.165, 1.54) is 0 Å². The fourth-order valence-corrected chi connectivity index (χ4v) is 1.78. The van der Waals surface area contributed by atoms with E-state index in [0.29, 0.717) is 12.5 Å². The average Bonchev–Trinajstić information content (AvgIpc) is 3.21. The fourth-order valence-electron chi connectivity index (χ4n) is 1.78. The van der Waals surface area contributed by atoms with Crippen LogP contribution in [0.5, 0.6) is 5.95 Å². The molecule has 0 spiro atoms. The van der Waals surface area contributed by atoms with Crippen molar-refractivity contribution in [3.05, 3.63) is 36.0 Å². The van der Waals surface area contributed by atoms with Crippen LogP contribution in [0.4, 0.5) is 0 Å². The van der Waals surface area contributed by atoms with E-state index in [1.54, 1.807) is 4.90 Å². The van der Waals surface area contributed by atoms with Gasteiger partial charge in [0.05, 0.1) is 6.61 Å². The summed E-state index contributed by atoms with van der Waals surface area (Å²) >= 11 is 0. The van der Waals surface area contributed by atoms with Crippen LogP contribution in [0.15, 0.2) is 34.7 Å². The number of carbonyl (C=O) groups is 1. The van der Waals surface area contributed by atoms with E-state index in [9.17, 15) is 4.79 Å². The summed E-state index contributed by atoms with van der Waals surface area (Å²) in [5, 5.41) is 0. The maximum atomic E-state index is 12.1. The first-order valence-corrected chi connectivity index (χ1v) is 6.28. The molecule has 1 aliphatic heterocycles. The second-order valence-corrected chi connectivity index (χ2v) is 4.25. The summed E-state index contributed by atoms with van der Waals surface area (Å²) in [4.78, 5) is 18.0. The third-order valence-corrected chi connectivity index (χ3v) is 2.83. The van der Waals surface area contributed by atoms with Gasteiger partial charge in [-0.25, -0.2) is 0 Å². The van der Waals surface area contributed by atoms with Gasteiger partial charge in [-0.15, -0.1) is 0 Å². The van der Waals surface area contributed by atoms with Gasteiger partial charge in [-0.2, -0.15) is 4.98 Å². The van der Waals surface area contributed by atoms with Crippen LogP contribution in [0.1, 0.15) is 17.4 Å². The Balaban J connectivity index is 1.98. The summed E-state index contributed by atoms with van der Waals surface area (Å²) < 4.78 is 10.9. The molecule has 0 N–H and O–H groups in total. The quantitative estimate of drug-likeness (QED) is 0.789. The van der Waals surface area contributed by atoms with E-state index in [0.717, 1.165) is 18.7 Å². The van der Waals surface area contributed by atoms with Crippen LogP contribution < -0.4 is 4.74 Å². The lowest BCUT2D eigenvalue weighted by molar-refractivity contribution is 0.0873. The van der Waals surface area contributed by atoms with Gasteiger partial charge < -0.3 is 14.1 Å². The van der Waals surface area contributed by atoms with Gasteiger partial charge in [0.2, 0.25) is 11.6 Å². The van der Waals surface area contributed by atoms with Crippen LogP contribution in [0, 0.1) is 0 Å². The molecule has 0 atom stereocenters. The molecule has 1 aliphatic rings. The number of hydrogen-bond donors (Lipinski definition) is 0. The second-order valence-electron chi connectivity index (χ2n) is 4.25. The zero-order valence-corrected chi connectivity index (χ0v) is 10.6. The third-order valence-electron chi connectivity index (χ3n) is 2.83. The molecule has 2 heterocycles. The SMILES string of the molecule is CCOc1oc(-c2ccccc2)nc1C(=O)N1CC1. The smallest absolute Gasteiger partial charge is 0.319 e. The molecule has 1 aromatic heterocycles. The highest BCUT2D eigenvalue weighted by Crippen LogP contribution is 2.29. The van der Waals surface area contributed by atoms with Crippen molar-refractivity contribution in [2.75, 3.05) is 19.7 Å². The van der Waals surface area contributed by atoms with Crippen molar-refractivity contribution < 1.29 is 13.9 Å². The summed E-state index contributed by atoms with van der Waals surface area (Å²) in [7, 11) is 0. The predicted molar refractivity (Wildman–Crippen MR) is 69.0 cm³/mol. The van der Waals surface area contributed by atoms with Crippen LogP contribution in [0.2, 0.25) is 0 Å². The largest absolute Gasteiger partial charge is 0.464 e. The molecule has 19 heavy (non-hydrogen) atoms. The van der Waals surface area contributed by atoms with Crippen molar-refractivity contribution in [2.45, 2.75) is 6.92 Å². The number of carbonyl (C=O) groups excluding carboxylic acids is 1. The van der Waals surface area contributed by atoms with Crippen LogP contribution in [0.25, 0.3) is 11.5 Å². The molecule has 2 aromatic rings. The Bertz CT molecular complexity index is 588. The molecule has 0 aliphatic carbocycles. The maximum Gasteiger partial charge on any atom is 0.319 e. The van der Waals surface area contributed by atoms with E-state index < -0.39 is 0 Å². The van der Waals surface area contributed by atoms with E-state index >= 15 is 0 Å². The molecule has 0 bridgehead atoms. The molecule has 98 valence electrons. The Hall–Kier alpha value is -2.30. The van der Waals surface area contributed by atoms with Crippen LogP contribution in [0.3, 0.4) is 0 Å². The summed E-state index contributed by atoms with van der Waals surface area (Å²) in [6, 6.07) is 9.47. The number of aromatic nitrogens is 1. The van der Waals surface area contributed by atoms with E-state index in [1.807, 2.05) is 37.3 Å². The molecular weight excluding hydrogens is 244 g/mol. The minimum atomic E-state index is -0.130. The van der Waals surface area contributed by atoms with Crippen LogP contribution in [-0.2, 0) is 0 Å². The number of nitrogens with zero attached hydrogens (tertiary/aromatic N) is 2. The van der Waals surface area contributed by atoms with Gasteiger partial charge in [0.1, 0.15) is 0 Å². The zero-order chi connectivity index (χ0) is 13.2. The number of oxazole rings is 1. The highest BCUT2D eigenvalue weighted by molar-refractivity contribution is 5.96. The molecule has 1 aromatic carbocycles. The van der Waals surface area contributed by atoms with Gasteiger partial charge >= 0.3 is 5.95 Å². The van der Waals surface area contributed by atoms with Crippen molar-refractivity contribution in [2.24, 2.45) is 0 Å². The lowest BCUT2D eigenvalue weighted by atomic mass is 10.2. The third kappa shape index (κ3) is 2.31. The zero-order valence-electron chi connectivity index (χ0n) is 10.6. The van der Waals surface area contributed by atoms with E-state index in [4.69, 9.17) is 9.15 Å². The van der Waals surface area contributed by atoms with Crippen molar-refractivity contribution in [3.8, 4) is 17.4 Å². The van der Waals surface area contributed by atoms with Gasteiger partial charge in [-0.3, -0.25) is 4.79 Å². The Labute approximate surface area is 110 Å². The first-order chi connectivity index (χ1) is 9.29. The van der Waals surface area contributed by atoms with Gasteiger partial charge in [0, 0.05) is 18.7 Å². The Morgan fingerprint density at radius 1 is 1.37 bits per heavy atom. The van der Waals surface area contributed by atoms with E-state index in [-0.39, 0.29) is 17.5 Å². The first kappa shape index (κ1) is 11.8. The van der Waals surface area contributed by atoms with Crippen molar-refractivity contribution >= 4 is 5.91 Å². The Morgan fingerprint density at radius 3 is 2.74 bits per heavy atom. The predicted octanol–water partition coefficient (Wildman–Crippen LogP) is 2.20. The van der Waals surface area contributed by atoms with E-state index in [2.05, 4.69) is 4.98 Å². The number of amides is 1. The summed E-state index contributed by atoms with van der Waals surface area (Å²) in [6.07, 6.45) is 0. The van der Waals surface area contributed by atoms with Gasteiger partial charge in [0.15, 0.2) is 0 Å². The lowest BCUT2D eigenvalue weighted by Crippen LogP contribution is -2.12. The standard InChI is InChI=1S/C14H14N2O3/c1-2-18-14-11(13(17)16-8-9-16)15-12(19-14)10-6-4-3-5-7-10/h3-7H,2,8-9H2,1H3. The molecule has 0 radical (unpaired) electrons. The minimum Gasteiger partial charge on any atom is -0.464 e. The number of rotatable bonds is 4. The van der Waals surface area contributed by atoms with Gasteiger partial charge in [-0.1, -0.05) is 18.2 Å². The summed E-state index contributed by atoms with van der Waals surface area (Å²) in [6.45, 7) is 3.83. The molecule has 5 nitrogen and oxygen atoms in total. The molecule has 1 amide bonds. The van der Waals surface area contributed by atoms with Crippen molar-refractivity contribution in [3.63, 3.8) is 0 Å². The molecular formula is C14H14N2O3. The fraction of sp³-hybridized carbons (Fsp3) is 0.286. The highest BCUT2D eigenvalue weighted by Gasteiger charge is 2.32. The molecule has 0 unspecified atom stereocenters.